The Morgan fingerprint density at radius 2 is 1.61 bits per heavy atom. The van der Waals surface area contributed by atoms with Gasteiger partial charge in [0.25, 0.3) is 0 Å². The summed E-state index contributed by atoms with van der Waals surface area (Å²) in [4.78, 5) is 23.7. The van der Waals surface area contributed by atoms with Crippen LogP contribution < -0.4 is 4.74 Å². The highest BCUT2D eigenvalue weighted by molar-refractivity contribution is 6.14. The van der Waals surface area contributed by atoms with Gasteiger partial charge in [0.15, 0.2) is 5.78 Å². The number of benzene rings is 2. The summed E-state index contributed by atoms with van der Waals surface area (Å²) in [6, 6.07) is 13.0. The molecular weight excluding hydrogens is 292 g/mol. The third-order valence-corrected chi connectivity index (χ3v) is 3.54. The number of ketones is 1. The van der Waals surface area contributed by atoms with Crippen molar-refractivity contribution >= 4 is 11.8 Å². The lowest BCUT2D eigenvalue weighted by Gasteiger charge is -2.08. The lowest BCUT2D eigenvalue weighted by molar-refractivity contribution is 0.0693. The molecule has 0 aliphatic rings. The van der Waals surface area contributed by atoms with Gasteiger partial charge in [-0.2, -0.15) is 0 Å². The van der Waals surface area contributed by atoms with E-state index in [1.807, 2.05) is 0 Å². The van der Waals surface area contributed by atoms with Gasteiger partial charge in [0.05, 0.1) is 12.2 Å². The number of carboxylic acids is 1. The van der Waals surface area contributed by atoms with Gasteiger partial charge in [-0.15, -0.1) is 0 Å². The number of carbonyl (C=O) groups excluding carboxylic acids is 1. The molecule has 0 atom stereocenters. The van der Waals surface area contributed by atoms with Gasteiger partial charge < -0.3 is 9.84 Å². The Morgan fingerprint density at radius 3 is 2.22 bits per heavy atom. The molecule has 4 heteroatoms. The average Bonchev–Trinajstić information content (AvgIpc) is 2.58. The lowest BCUT2D eigenvalue weighted by atomic mass is 9.98. The zero-order valence-corrected chi connectivity index (χ0v) is 13.1. The van der Waals surface area contributed by atoms with Crippen molar-refractivity contribution in [2.24, 2.45) is 0 Å². The molecule has 0 aliphatic heterocycles. The Labute approximate surface area is 135 Å². The van der Waals surface area contributed by atoms with Crippen LogP contribution in [0.25, 0.3) is 0 Å². The fourth-order valence-electron chi connectivity index (χ4n) is 2.27. The SMILES string of the molecule is CCCCCOc1ccc(C(=O)c2ccccc2C(=O)O)cc1. The van der Waals surface area contributed by atoms with E-state index in [2.05, 4.69) is 6.92 Å². The second kappa shape index (κ2) is 8.13. The highest BCUT2D eigenvalue weighted by Gasteiger charge is 2.17. The summed E-state index contributed by atoms with van der Waals surface area (Å²) >= 11 is 0. The maximum atomic E-state index is 12.5. The van der Waals surface area contributed by atoms with E-state index >= 15 is 0 Å². The summed E-state index contributed by atoms with van der Waals surface area (Å²) in [5.74, 6) is -0.700. The molecule has 0 fully saturated rings. The third kappa shape index (κ3) is 4.42. The molecule has 4 nitrogen and oxygen atoms in total. The number of rotatable bonds is 8. The summed E-state index contributed by atoms with van der Waals surface area (Å²) in [6.07, 6.45) is 3.27. The minimum absolute atomic E-state index is 0.0115. The van der Waals surface area contributed by atoms with Gasteiger partial charge in [-0.3, -0.25) is 4.79 Å². The number of carboxylic acid groups (broad SMARTS) is 1. The van der Waals surface area contributed by atoms with Crippen LogP contribution in [-0.2, 0) is 0 Å². The van der Waals surface area contributed by atoms with Crippen LogP contribution in [-0.4, -0.2) is 23.5 Å². The highest BCUT2D eigenvalue weighted by atomic mass is 16.5. The molecule has 0 heterocycles. The Bertz CT molecular complexity index is 674. The number of aromatic carboxylic acids is 1. The van der Waals surface area contributed by atoms with Crippen molar-refractivity contribution in [2.45, 2.75) is 26.2 Å². The summed E-state index contributed by atoms with van der Waals surface area (Å²) < 4.78 is 5.61. The van der Waals surface area contributed by atoms with Gasteiger partial charge in [-0.1, -0.05) is 38.0 Å². The van der Waals surface area contributed by atoms with E-state index in [9.17, 15) is 14.7 Å². The summed E-state index contributed by atoms with van der Waals surface area (Å²) in [6.45, 7) is 2.79. The molecule has 2 aromatic carbocycles. The smallest absolute Gasteiger partial charge is 0.336 e. The van der Waals surface area contributed by atoms with E-state index in [4.69, 9.17) is 4.74 Å². The summed E-state index contributed by atoms with van der Waals surface area (Å²) in [5, 5.41) is 9.17. The van der Waals surface area contributed by atoms with E-state index in [0.717, 1.165) is 19.3 Å². The zero-order valence-electron chi connectivity index (χ0n) is 13.1. The van der Waals surface area contributed by atoms with E-state index < -0.39 is 5.97 Å². The van der Waals surface area contributed by atoms with Gasteiger partial charge >= 0.3 is 5.97 Å². The van der Waals surface area contributed by atoms with Crippen molar-refractivity contribution in [2.75, 3.05) is 6.61 Å². The maximum absolute atomic E-state index is 12.5. The molecular formula is C19H20O4. The molecule has 0 saturated heterocycles. The molecule has 0 aromatic heterocycles. The molecule has 0 amide bonds. The number of unbranched alkanes of at least 4 members (excludes halogenated alkanes) is 2. The molecule has 0 saturated carbocycles. The first-order chi connectivity index (χ1) is 11.1. The van der Waals surface area contributed by atoms with Crippen molar-refractivity contribution in [1.82, 2.24) is 0 Å². The molecule has 0 aliphatic carbocycles. The topological polar surface area (TPSA) is 63.6 Å². The minimum atomic E-state index is -1.11. The number of hydrogen-bond acceptors (Lipinski definition) is 3. The molecule has 2 rings (SSSR count). The summed E-state index contributed by atoms with van der Waals surface area (Å²) in [7, 11) is 0. The fraction of sp³-hybridized carbons (Fsp3) is 0.263. The Morgan fingerprint density at radius 1 is 0.957 bits per heavy atom. The Hall–Kier alpha value is -2.62. The molecule has 0 unspecified atom stereocenters. The number of carbonyl (C=O) groups is 2. The Kier molecular flexibility index (Phi) is 5.92. The van der Waals surface area contributed by atoms with Crippen LogP contribution in [0.4, 0.5) is 0 Å². The average molecular weight is 312 g/mol. The van der Waals surface area contributed by atoms with Crippen molar-refractivity contribution in [3.63, 3.8) is 0 Å². The first-order valence-corrected chi connectivity index (χ1v) is 7.73. The van der Waals surface area contributed by atoms with Crippen LogP contribution in [0.2, 0.25) is 0 Å². The first kappa shape index (κ1) is 16.7. The van der Waals surface area contributed by atoms with Gasteiger partial charge in [0.2, 0.25) is 0 Å². The molecule has 0 spiro atoms. The molecule has 0 bridgehead atoms. The van der Waals surface area contributed by atoms with Crippen molar-refractivity contribution < 1.29 is 19.4 Å². The van der Waals surface area contributed by atoms with E-state index in [1.54, 1.807) is 36.4 Å². The van der Waals surface area contributed by atoms with E-state index in [1.165, 1.54) is 12.1 Å². The minimum Gasteiger partial charge on any atom is -0.494 e. The monoisotopic (exact) mass is 312 g/mol. The molecule has 0 radical (unpaired) electrons. The van der Waals surface area contributed by atoms with Crippen LogP contribution in [0.3, 0.4) is 0 Å². The van der Waals surface area contributed by atoms with Crippen LogP contribution in [0.15, 0.2) is 48.5 Å². The zero-order chi connectivity index (χ0) is 16.7. The number of ether oxygens (including phenoxy) is 1. The van der Waals surface area contributed by atoms with Gasteiger partial charge in [-0.25, -0.2) is 4.79 Å². The largest absolute Gasteiger partial charge is 0.494 e. The van der Waals surface area contributed by atoms with Crippen molar-refractivity contribution in [3.05, 3.63) is 65.2 Å². The quantitative estimate of drug-likeness (QED) is 0.586. The van der Waals surface area contributed by atoms with Gasteiger partial charge in [-0.05, 0) is 36.8 Å². The van der Waals surface area contributed by atoms with Crippen molar-refractivity contribution in [3.8, 4) is 5.75 Å². The van der Waals surface area contributed by atoms with Crippen molar-refractivity contribution in [1.29, 1.82) is 0 Å². The van der Waals surface area contributed by atoms with E-state index in [0.29, 0.717) is 17.9 Å². The lowest BCUT2D eigenvalue weighted by Crippen LogP contribution is -2.09. The third-order valence-electron chi connectivity index (χ3n) is 3.54. The molecule has 2 aromatic rings. The molecule has 120 valence electrons. The first-order valence-electron chi connectivity index (χ1n) is 7.73. The second-order valence-corrected chi connectivity index (χ2v) is 5.26. The van der Waals surface area contributed by atoms with Crippen LogP contribution in [0, 0.1) is 0 Å². The molecule has 1 N–H and O–H groups in total. The predicted octanol–water partition coefficient (Wildman–Crippen LogP) is 4.18. The highest BCUT2D eigenvalue weighted by Crippen LogP contribution is 2.18. The van der Waals surface area contributed by atoms with Gasteiger partial charge in [0.1, 0.15) is 5.75 Å². The molecule has 23 heavy (non-hydrogen) atoms. The summed E-state index contributed by atoms with van der Waals surface area (Å²) in [5.41, 5.74) is 0.647. The maximum Gasteiger partial charge on any atom is 0.336 e. The second-order valence-electron chi connectivity index (χ2n) is 5.26. The normalized spacial score (nSPS) is 10.3. The van der Waals surface area contributed by atoms with Crippen LogP contribution in [0.1, 0.15) is 52.5 Å². The Balaban J connectivity index is 2.10. The van der Waals surface area contributed by atoms with Crippen LogP contribution >= 0.6 is 0 Å². The number of hydrogen-bond donors (Lipinski definition) is 1. The van der Waals surface area contributed by atoms with E-state index in [-0.39, 0.29) is 16.9 Å². The van der Waals surface area contributed by atoms with Crippen LogP contribution in [0.5, 0.6) is 5.75 Å². The van der Waals surface area contributed by atoms with Gasteiger partial charge in [0, 0.05) is 11.1 Å². The fourth-order valence-corrected chi connectivity index (χ4v) is 2.27. The standard InChI is InChI=1S/C19H20O4/c1-2-3-6-13-23-15-11-9-14(10-12-15)18(20)16-7-4-5-8-17(16)19(21)22/h4-5,7-12H,2-3,6,13H2,1H3,(H,21,22). The predicted molar refractivity (Wildman–Crippen MR) is 88.3 cm³/mol.